The first-order valence-corrected chi connectivity index (χ1v) is 6.59. The third-order valence-electron chi connectivity index (χ3n) is 2.73. The number of aryl methyl sites for hydroxylation is 1. The van der Waals surface area contributed by atoms with Crippen LogP contribution in [0, 0.1) is 12.8 Å². The monoisotopic (exact) mass is 223 g/mol. The van der Waals surface area contributed by atoms with Crippen LogP contribution in [0.5, 0.6) is 0 Å². The third-order valence-corrected chi connectivity index (χ3v) is 3.28. The predicted octanol–water partition coefficient (Wildman–Crippen LogP) is 1.66. The maximum Gasteiger partial charge on any atom is 0.187 e. The van der Waals surface area contributed by atoms with Crippen molar-refractivity contribution in [3.63, 3.8) is 0 Å². The number of rotatable bonds is 3. The summed E-state index contributed by atoms with van der Waals surface area (Å²) < 4.78 is 0. The molecule has 1 atom stereocenters. The summed E-state index contributed by atoms with van der Waals surface area (Å²) in [6.07, 6.45) is 4.39. The Morgan fingerprint density at radius 3 is 3.07 bits per heavy atom. The average Bonchev–Trinajstić information content (AvgIpc) is 2.69. The molecule has 0 aromatic carbocycles. The van der Waals surface area contributed by atoms with Gasteiger partial charge in [-0.1, -0.05) is 11.8 Å². The topological polar surface area (TPSA) is 37.8 Å². The molecular formula is C11H17N3S. The fraction of sp³-hybridized carbons (Fsp3) is 0.636. The van der Waals surface area contributed by atoms with E-state index < -0.39 is 0 Å². The van der Waals surface area contributed by atoms with Crippen LogP contribution in [-0.2, 0) is 6.42 Å². The number of hydrogen-bond acceptors (Lipinski definition) is 4. The van der Waals surface area contributed by atoms with Crippen LogP contribution < -0.4 is 5.32 Å². The molecule has 3 nitrogen and oxygen atoms in total. The lowest BCUT2D eigenvalue weighted by Crippen LogP contribution is -2.12. The minimum absolute atomic E-state index is 0.758. The van der Waals surface area contributed by atoms with Gasteiger partial charge >= 0.3 is 0 Å². The van der Waals surface area contributed by atoms with Crippen LogP contribution in [-0.4, -0.2) is 29.3 Å². The van der Waals surface area contributed by atoms with E-state index in [-0.39, 0.29) is 0 Å². The molecule has 0 bridgehead atoms. The maximum atomic E-state index is 4.54. The molecule has 1 aliphatic rings. The highest BCUT2D eigenvalue weighted by Gasteiger charge is 2.16. The van der Waals surface area contributed by atoms with Gasteiger partial charge in [-0.05, 0) is 51.1 Å². The molecule has 1 aliphatic heterocycles. The highest BCUT2D eigenvalue weighted by molar-refractivity contribution is 7.98. The first-order chi connectivity index (χ1) is 7.28. The summed E-state index contributed by atoms with van der Waals surface area (Å²) in [5, 5.41) is 4.29. The van der Waals surface area contributed by atoms with Crippen LogP contribution in [0.4, 0.5) is 0 Å². The van der Waals surface area contributed by atoms with Gasteiger partial charge in [0.1, 0.15) is 0 Å². The number of nitrogens with zero attached hydrogens (tertiary/aromatic N) is 2. The van der Waals surface area contributed by atoms with Crippen LogP contribution in [0.2, 0.25) is 0 Å². The van der Waals surface area contributed by atoms with E-state index >= 15 is 0 Å². The Balaban J connectivity index is 2.09. The molecule has 82 valence electrons. The Kier molecular flexibility index (Phi) is 3.59. The van der Waals surface area contributed by atoms with Crippen molar-refractivity contribution in [2.75, 3.05) is 19.3 Å². The lowest BCUT2D eigenvalue weighted by atomic mass is 10.0. The third kappa shape index (κ3) is 2.92. The zero-order chi connectivity index (χ0) is 10.7. The Morgan fingerprint density at radius 2 is 2.40 bits per heavy atom. The summed E-state index contributed by atoms with van der Waals surface area (Å²) in [6.45, 7) is 4.33. The van der Waals surface area contributed by atoms with E-state index in [4.69, 9.17) is 0 Å². The molecule has 2 heterocycles. The van der Waals surface area contributed by atoms with Crippen molar-refractivity contribution in [2.24, 2.45) is 5.92 Å². The second kappa shape index (κ2) is 4.94. The van der Waals surface area contributed by atoms with E-state index in [0.29, 0.717) is 0 Å². The maximum absolute atomic E-state index is 4.54. The molecule has 1 N–H and O–H groups in total. The molecule has 1 aromatic rings. The first kappa shape index (κ1) is 10.9. The van der Waals surface area contributed by atoms with Crippen molar-refractivity contribution in [1.29, 1.82) is 0 Å². The van der Waals surface area contributed by atoms with Crippen molar-refractivity contribution < 1.29 is 0 Å². The standard InChI is InChI=1S/C11H17N3S/c1-8-5-10(14-11(13-8)15-2)6-9-3-4-12-7-9/h5,9,12H,3-4,6-7H2,1-2H3. The normalized spacial score (nSPS) is 20.8. The Labute approximate surface area is 95.1 Å². The molecule has 4 heteroatoms. The molecule has 1 unspecified atom stereocenters. The van der Waals surface area contributed by atoms with E-state index in [1.54, 1.807) is 11.8 Å². The molecule has 1 fully saturated rings. The van der Waals surface area contributed by atoms with Crippen LogP contribution in [0.3, 0.4) is 0 Å². The van der Waals surface area contributed by atoms with Gasteiger partial charge in [0.25, 0.3) is 0 Å². The van der Waals surface area contributed by atoms with Crippen molar-refractivity contribution >= 4 is 11.8 Å². The molecule has 1 aromatic heterocycles. The molecule has 0 radical (unpaired) electrons. The van der Waals surface area contributed by atoms with Crippen LogP contribution in [0.1, 0.15) is 17.8 Å². The minimum Gasteiger partial charge on any atom is -0.316 e. The van der Waals surface area contributed by atoms with Gasteiger partial charge in [-0.15, -0.1) is 0 Å². The Bertz CT molecular complexity index is 335. The van der Waals surface area contributed by atoms with Crippen molar-refractivity contribution in [3.8, 4) is 0 Å². The lowest BCUT2D eigenvalue weighted by molar-refractivity contribution is 0.566. The van der Waals surface area contributed by atoms with E-state index in [0.717, 1.165) is 36.3 Å². The van der Waals surface area contributed by atoms with Gasteiger partial charge in [0, 0.05) is 11.4 Å². The Hall–Kier alpha value is -0.610. The highest BCUT2D eigenvalue weighted by Crippen LogP contribution is 2.16. The minimum atomic E-state index is 0.758. The fourth-order valence-corrected chi connectivity index (χ4v) is 2.43. The van der Waals surface area contributed by atoms with Gasteiger partial charge in [-0.3, -0.25) is 0 Å². The van der Waals surface area contributed by atoms with Gasteiger partial charge in [0.2, 0.25) is 0 Å². The van der Waals surface area contributed by atoms with Gasteiger partial charge in [0.05, 0.1) is 0 Å². The van der Waals surface area contributed by atoms with Crippen LogP contribution in [0.25, 0.3) is 0 Å². The average molecular weight is 223 g/mol. The summed E-state index contributed by atoms with van der Waals surface area (Å²) >= 11 is 1.62. The second-order valence-electron chi connectivity index (χ2n) is 4.05. The summed E-state index contributed by atoms with van der Waals surface area (Å²) in [4.78, 5) is 8.90. The number of aromatic nitrogens is 2. The SMILES string of the molecule is CSc1nc(C)cc(CC2CCNC2)n1. The zero-order valence-corrected chi connectivity index (χ0v) is 10.1. The second-order valence-corrected chi connectivity index (χ2v) is 4.82. The van der Waals surface area contributed by atoms with Crippen molar-refractivity contribution in [3.05, 3.63) is 17.5 Å². The predicted molar refractivity (Wildman–Crippen MR) is 63.2 cm³/mol. The van der Waals surface area contributed by atoms with Gasteiger partial charge in [-0.2, -0.15) is 0 Å². The highest BCUT2D eigenvalue weighted by atomic mass is 32.2. The van der Waals surface area contributed by atoms with Crippen molar-refractivity contribution in [2.45, 2.75) is 24.9 Å². The quantitative estimate of drug-likeness (QED) is 0.625. The molecule has 15 heavy (non-hydrogen) atoms. The van der Waals surface area contributed by atoms with Crippen molar-refractivity contribution in [1.82, 2.24) is 15.3 Å². The zero-order valence-electron chi connectivity index (χ0n) is 9.29. The summed E-state index contributed by atoms with van der Waals surface area (Å²) in [6, 6.07) is 2.11. The summed E-state index contributed by atoms with van der Waals surface area (Å²) in [7, 11) is 0. The number of thioether (sulfide) groups is 1. The Morgan fingerprint density at radius 1 is 1.53 bits per heavy atom. The van der Waals surface area contributed by atoms with Gasteiger partial charge < -0.3 is 5.32 Å². The smallest absolute Gasteiger partial charge is 0.187 e. The van der Waals surface area contributed by atoms with E-state index in [1.165, 1.54) is 12.1 Å². The summed E-state index contributed by atoms with van der Waals surface area (Å²) in [5.41, 5.74) is 2.27. The number of nitrogens with one attached hydrogen (secondary N) is 1. The van der Waals surface area contributed by atoms with E-state index in [2.05, 4.69) is 21.4 Å². The van der Waals surface area contributed by atoms with Crippen LogP contribution in [0.15, 0.2) is 11.2 Å². The molecule has 0 amide bonds. The molecule has 1 saturated heterocycles. The molecular weight excluding hydrogens is 206 g/mol. The number of hydrogen-bond donors (Lipinski definition) is 1. The first-order valence-electron chi connectivity index (χ1n) is 5.37. The van der Waals surface area contributed by atoms with Gasteiger partial charge in [0.15, 0.2) is 5.16 Å². The fourth-order valence-electron chi connectivity index (χ4n) is 1.98. The molecule has 0 spiro atoms. The molecule has 0 saturated carbocycles. The molecule has 0 aliphatic carbocycles. The molecule has 2 rings (SSSR count). The summed E-state index contributed by atoms with van der Waals surface area (Å²) in [5.74, 6) is 0.758. The van der Waals surface area contributed by atoms with Gasteiger partial charge in [-0.25, -0.2) is 9.97 Å². The van der Waals surface area contributed by atoms with E-state index in [1.807, 2.05) is 13.2 Å². The van der Waals surface area contributed by atoms with E-state index in [9.17, 15) is 0 Å². The lowest BCUT2D eigenvalue weighted by Gasteiger charge is -2.08. The largest absolute Gasteiger partial charge is 0.316 e. The van der Waals surface area contributed by atoms with Crippen LogP contribution >= 0.6 is 11.8 Å².